The van der Waals surface area contributed by atoms with E-state index in [0.717, 1.165) is 19.6 Å². The largest absolute Gasteiger partial charge is 0.379 e. The number of nitrogens with one attached hydrogen (secondary N) is 1. The normalized spacial score (nSPS) is 13.2. The fraction of sp³-hybridized carbons (Fsp3) is 1.00. The first-order chi connectivity index (χ1) is 5.81. The molecule has 3 heteroatoms. The van der Waals surface area contributed by atoms with E-state index < -0.39 is 0 Å². The van der Waals surface area contributed by atoms with Gasteiger partial charge in [0.2, 0.25) is 0 Å². The van der Waals surface area contributed by atoms with Crippen LogP contribution in [0.1, 0.15) is 20.3 Å². The molecular formula is C9H21NO2. The second-order valence-electron chi connectivity index (χ2n) is 2.79. The lowest BCUT2D eigenvalue weighted by Crippen LogP contribution is -2.23. The van der Waals surface area contributed by atoms with Crippen molar-refractivity contribution in [3.8, 4) is 0 Å². The lowest BCUT2D eigenvalue weighted by Gasteiger charge is -2.09. The number of ether oxygens (including phenoxy) is 2. The Morgan fingerprint density at radius 3 is 2.42 bits per heavy atom. The summed E-state index contributed by atoms with van der Waals surface area (Å²) in [4.78, 5) is 0. The minimum atomic E-state index is 0.539. The molecule has 0 aliphatic heterocycles. The molecule has 0 aromatic carbocycles. The molecule has 1 N–H and O–H groups in total. The maximum Gasteiger partial charge on any atom is 0.0700 e. The monoisotopic (exact) mass is 175 g/mol. The van der Waals surface area contributed by atoms with Crippen molar-refractivity contribution in [2.24, 2.45) is 0 Å². The fourth-order valence-electron chi connectivity index (χ4n) is 0.769. The first kappa shape index (κ1) is 11.9. The summed E-state index contributed by atoms with van der Waals surface area (Å²) in [7, 11) is 1.96. The van der Waals surface area contributed by atoms with Gasteiger partial charge < -0.3 is 14.8 Å². The molecule has 0 saturated carbocycles. The maximum absolute atomic E-state index is 5.34. The Bertz CT molecular complexity index is 88.6. The Hall–Kier alpha value is -0.120. The van der Waals surface area contributed by atoms with E-state index >= 15 is 0 Å². The van der Waals surface area contributed by atoms with Crippen LogP contribution in [-0.4, -0.2) is 39.5 Å². The third-order valence-electron chi connectivity index (χ3n) is 1.76. The summed E-state index contributed by atoms with van der Waals surface area (Å²) in [5.74, 6) is 0. The van der Waals surface area contributed by atoms with E-state index in [-0.39, 0.29) is 0 Å². The Balaban J connectivity index is 2.90. The van der Waals surface area contributed by atoms with Gasteiger partial charge in [-0.25, -0.2) is 0 Å². The van der Waals surface area contributed by atoms with Gasteiger partial charge in [-0.15, -0.1) is 0 Å². The molecule has 0 saturated heterocycles. The summed E-state index contributed by atoms with van der Waals surface area (Å²) in [5.41, 5.74) is 0. The van der Waals surface area contributed by atoms with Crippen molar-refractivity contribution in [3.05, 3.63) is 0 Å². The van der Waals surface area contributed by atoms with Gasteiger partial charge in [-0.05, 0) is 27.3 Å². The van der Waals surface area contributed by atoms with Crippen LogP contribution < -0.4 is 5.32 Å². The summed E-state index contributed by atoms with van der Waals surface area (Å²) >= 11 is 0. The van der Waals surface area contributed by atoms with Crippen LogP contribution in [-0.2, 0) is 9.47 Å². The number of hydrogen-bond acceptors (Lipinski definition) is 3. The van der Waals surface area contributed by atoms with Gasteiger partial charge in [-0.2, -0.15) is 0 Å². The van der Waals surface area contributed by atoms with Crippen molar-refractivity contribution in [3.63, 3.8) is 0 Å². The Kier molecular flexibility index (Phi) is 8.88. The van der Waals surface area contributed by atoms with E-state index in [1.54, 1.807) is 0 Å². The summed E-state index contributed by atoms with van der Waals surface area (Å²) in [6.07, 6.45) is 1.06. The zero-order valence-corrected chi connectivity index (χ0v) is 8.43. The molecule has 0 aliphatic carbocycles. The lowest BCUT2D eigenvalue weighted by atomic mass is 10.2. The first-order valence-electron chi connectivity index (χ1n) is 4.64. The van der Waals surface area contributed by atoms with Crippen LogP contribution in [0.25, 0.3) is 0 Å². The van der Waals surface area contributed by atoms with Crippen molar-refractivity contribution >= 4 is 0 Å². The molecule has 0 radical (unpaired) electrons. The fourth-order valence-corrected chi connectivity index (χ4v) is 0.769. The van der Waals surface area contributed by atoms with E-state index in [1.165, 1.54) is 0 Å². The molecule has 0 aromatic rings. The van der Waals surface area contributed by atoms with Crippen molar-refractivity contribution in [1.82, 2.24) is 5.32 Å². The Morgan fingerprint density at radius 2 is 1.83 bits per heavy atom. The standard InChI is InChI=1S/C9H21NO2/c1-4-11-7-8-12-6-5-9(2)10-3/h9-10H,4-8H2,1-3H3. The third kappa shape index (κ3) is 7.98. The van der Waals surface area contributed by atoms with Crippen LogP contribution in [0.2, 0.25) is 0 Å². The van der Waals surface area contributed by atoms with Crippen LogP contribution in [0.15, 0.2) is 0 Å². The molecule has 0 amide bonds. The zero-order valence-electron chi connectivity index (χ0n) is 8.43. The van der Waals surface area contributed by atoms with E-state index in [1.807, 2.05) is 14.0 Å². The molecule has 0 aliphatic rings. The molecule has 0 aromatic heterocycles. The molecule has 0 spiro atoms. The Labute approximate surface area is 75.4 Å². The van der Waals surface area contributed by atoms with Gasteiger partial charge in [0.25, 0.3) is 0 Å². The van der Waals surface area contributed by atoms with E-state index in [9.17, 15) is 0 Å². The van der Waals surface area contributed by atoms with Crippen LogP contribution in [0.4, 0.5) is 0 Å². The highest BCUT2D eigenvalue weighted by atomic mass is 16.5. The van der Waals surface area contributed by atoms with Crippen LogP contribution in [0.3, 0.4) is 0 Å². The van der Waals surface area contributed by atoms with E-state index in [4.69, 9.17) is 9.47 Å². The summed E-state index contributed by atoms with van der Waals surface area (Å²) in [6.45, 7) is 7.15. The van der Waals surface area contributed by atoms with Gasteiger partial charge >= 0.3 is 0 Å². The third-order valence-corrected chi connectivity index (χ3v) is 1.76. The van der Waals surface area contributed by atoms with Gasteiger partial charge in [0.15, 0.2) is 0 Å². The topological polar surface area (TPSA) is 30.5 Å². The predicted octanol–water partition coefficient (Wildman–Crippen LogP) is 1.04. The molecule has 0 bridgehead atoms. The Morgan fingerprint density at radius 1 is 1.17 bits per heavy atom. The van der Waals surface area contributed by atoms with Crippen LogP contribution in [0.5, 0.6) is 0 Å². The molecule has 0 fully saturated rings. The minimum absolute atomic E-state index is 0.539. The average molecular weight is 175 g/mol. The van der Waals surface area contributed by atoms with Crippen molar-refractivity contribution in [2.45, 2.75) is 26.3 Å². The van der Waals surface area contributed by atoms with Gasteiger partial charge in [0.1, 0.15) is 0 Å². The highest BCUT2D eigenvalue weighted by Crippen LogP contribution is 1.89. The second kappa shape index (κ2) is 8.97. The first-order valence-corrected chi connectivity index (χ1v) is 4.64. The molecule has 0 heterocycles. The maximum atomic E-state index is 5.34. The highest BCUT2D eigenvalue weighted by Gasteiger charge is 1.96. The molecule has 74 valence electrons. The zero-order chi connectivity index (χ0) is 9.23. The van der Waals surface area contributed by atoms with Crippen molar-refractivity contribution in [1.29, 1.82) is 0 Å². The quantitative estimate of drug-likeness (QED) is 0.559. The highest BCUT2D eigenvalue weighted by molar-refractivity contribution is 4.54. The van der Waals surface area contributed by atoms with Gasteiger partial charge in [-0.1, -0.05) is 0 Å². The summed E-state index contributed by atoms with van der Waals surface area (Å²) < 4.78 is 10.5. The minimum Gasteiger partial charge on any atom is -0.379 e. The summed E-state index contributed by atoms with van der Waals surface area (Å²) in [6, 6.07) is 0.539. The molecule has 1 unspecified atom stereocenters. The lowest BCUT2D eigenvalue weighted by molar-refractivity contribution is 0.0499. The molecule has 12 heavy (non-hydrogen) atoms. The number of rotatable bonds is 8. The SMILES string of the molecule is CCOCCOCCC(C)NC. The molecular weight excluding hydrogens is 154 g/mol. The van der Waals surface area contributed by atoms with E-state index in [2.05, 4.69) is 12.2 Å². The smallest absolute Gasteiger partial charge is 0.0700 e. The van der Waals surface area contributed by atoms with Crippen molar-refractivity contribution < 1.29 is 9.47 Å². The molecule has 1 atom stereocenters. The molecule has 3 nitrogen and oxygen atoms in total. The van der Waals surface area contributed by atoms with Gasteiger partial charge in [0, 0.05) is 19.3 Å². The average Bonchev–Trinajstić information content (AvgIpc) is 2.10. The van der Waals surface area contributed by atoms with E-state index in [0.29, 0.717) is 19.3 Å². The van der Waals surface area contributed by atoms with Gasteiger partial charge in [-0.3, -0.25) is 0 Å². The van der Waals surface area contributed by atoms with Crippen molar-refractivity contribution in [2.75, 3.05) is 33.5 Å². The molecule has 0 rings (SSSR count). The predicted molar refractivity (Wildman–Crippen MR) is 50.5 cm³/mol. The van der Waals surface area contributed by atoms with Crippen LogP contribution in [0, 0.1) is 0 Å². The van der Waals surface area contributed by atoms with Gasteiger partial charge in [0.05, 0.1) is 13.2 Å². The van der Waals surface area contributed by atoms with Crippen LogP contribution >= 0.6 is 0 Å². The second-order valence-corrected chi connectivity index (χ2v) is 2.79. The number of hydrogen-bond donors (Lipinski definition) is 1. The summed E-state index contributed by atoms with van der Waals surface area (Å²) in [5, 5.41) is 3.16.